The Bertz CT molecular complexity index is 1070. The van der Waals surface area contributed by atoms with Crippen LogP contribution in [-0.2, 0) is 14.6 Å². The van der Waals surface area contributed by atoms with Gasteiger partial charge in [-0.2, -0.15) is 0 Å². The summed E-state index contributed by atoms with van der Waals surface area (Å²) in [7, 11) is -3.12. The maximum absolute atomic E-state index is 13.9. The molecule has 0 radical (unpaired) electrons. The van der Waals surface area contributed by atoms with Gasteiger partial charge in [0.1, 0.15) is 21.7 Å². The van der Waals surface area contributed by atoms with Crippen LogP contribution in [0, 0.1) is 5.82 Å². The smallest absolute Gasteiger partial charge is 0.266 e. The minimum absolute atomic E-state index is 0.0646. The summed E-state index contributed by atoms with van der Waals surface area (Å²) in [4.78, 5) is 14.4. The number of thioether (sulfide) groups is 1. The van der Waals surface area contributed by atoms with Crippen molar-refractivity contribution in [3.8, 4) is 11.3 Å². The van der Waals surface area contributed by atoms with Gasteiger partial charge in [-0.25, -0.2) is 12.8 Å². The summed E-state index contributed by atoms with van der Waals surface area (Å²) in [6.45, 7) is 0. The van der Waals surface area contributed by atoms with E-state index in [1.807, 2.05) is 0 Å². The number of hydrogen-bond donors (Lipinski definition) is 0. The number of carbonyl (C=O) groups is 1. The molecule has 2 aliphatic heterocycles. The monoisotopic (exact) mass is 423 g/mol. The van der Waals surface area contributed by atoms with Gasteiger partial charge in [0.05, 0.1) is 28.0 Å². The zero-order valence-electron chi connectivity index (χ0n) is 13.9. The lowest BCUT2D eigenvalue weighted by Crippen LogP contribution is -2.39. The number of amides is 1. The molecule has 9 heteroatoms. The standard InChI is InChI=1S/C18H14FNO4S3/c19-14-4-2-1-3-13(14)15-6-5-12(24-15)9-16-17(21)20(18(25)26-16)11-7-8-27(22,23)10-11/h1-6,9,11H,7-8,10H2/b16-9+/t11-/m0/s1. The fraction of sp³-hybridized carbons (Fsp3) is 0.222. The number of rotatable bonds is 3. The van der Waals surface area contributed by atoms with Crippen LogP contribution in [0.5, 0.6) is 0 Å². The van der Waals surface area contributed by atoms with Crippen molar-refractivity contribution in [2.45, 2.75) is 12.5 Å². The predicted octanol–water partition coefficient (Wildman–Crippen LogP) is 3.47. The fourth-order valence-corrected chi connectivity index (χ4v) is 6.22. The zero-order valence-corrected chi connectivity index (χ0v) is 16.4. The molecule has 1 atom stereocenters. The highest BCUT2D eigenvalue weighted by atomic mass is 32.2. The van der Waals surface area contributed by atoms with E-state index in [0.29, 0.717) is 32.7 Å². The van der Waals surface area contributed by atoms with Crippen molar-refractivity contribution >= 4 is 50.1 Å². The number of thiocarbonyl (C=S) groups is 1. The molecule has 2 saturated heterocycles. The summed E-state index contributed by atoms with van der Waals surface area (Å²) in [5, 5.41) is 0. The number of nitrogens with zero attached hydrogens (tertiary/aromatic N) is 1. The first kappa shape index (κ1) is 18.4. The average molecular weight is 424 g/mol. The first-order valence-corrected chi connectivity index (χ1v) is 11.2. The molecule has 2 aromatic rings. The number of halogens is 1. The number of sulfone groups is 1. The SMILES string of the molecule is O=C1/C(=C\c2ccc(-c3ccccc3F)o2)SC(=S)N1[C@H]1CCS(=O)(=O)C1. The molecule has 0 N–H and O–H groups in total. The van der Waals surface area contributed by atoms with Gasteiger partial charge in [-0.15, -0.1) is 0 Å². The predicted molar refractivity (Wildman–Crippen MR) is 106 cm³/mol. The van der Waals surface area contributed by atoms with Crippen LogP contribution in [-0.4, -0.2) is 41.1 Å². The molecular weight excluding hydrogens is 409 g/mol. The normalized spacial score (nSPS) is 23.5. The highest BCUT2D eigenvalue weighted by molar-refractivity contribution is 8.26. The van der Waals surface area contributed by atoms with E-state index in [2.05, 4.69) is 0 Å². The van der Waals surface area contributed by atoms with E-state index in [4.69, 9.17) is 16.6 Å². The molecule has 1 amide bonds. The zero-order chi connectivity index (χ0) is 19.2. The molecule has 0 spiro atoms. The van der Waals surface area contributed by atoms with Crippen LogP contribution in [0.4, 0.5) is 4.39 Å². The van der Waals surface area contributed by atoms with Crippen molar-refractivity contribution in [2.75, 3.05) is 11.5 Å². The first-order valence-electron chi connectivity index (χ1n) is 8.16. The Balaban J connectivity index is 1.58. The first-order chi connectivity index (χ1) is 12.8. The van der Waals surface area contributed by atoms with Gasteiger partial charge in [-0.05, 0) is 30.7 Å². The van der Waals surface area contributed by atoms with Gasteiger partial charge in [0, 0.05) is 6.08 Å². The minimum atomic E-state index is -3.12. The Kier molecular flexibility index (Phi) is 4.69. The van der Waals surface area contributed by atoms with Crippen LogP contribution in [0.1, 0.15) is 12.2 Å². The number of carbonyl (C=O) groups excluding carboxylic acids is 1. The quantitative estimate of drug-likeness (QED) is 0.556. The average Bonchev–Trinajstić information content (AvgIpc) is 3.27. The second-order valence-electron chi connectivity index (χ2n) is 6.29. The molecule has 27 heavy (non-hydrogen) atoms. The van der Waals surface area contributed by atoms with Crippen LogP contribution >= 0.6 is 24.0 Å². The van der Waals surface area contributed by atoms with Crippen LogP contribution in [0.15, 0.2) is 45.7 Å². The van der Waals surface area contributed by atoms with Crippen molar-refractivity contribution in [3.05, 3.63) is 52.9 Å². The van der Waals surface area contributed by atoms with E-state index in [1.54, 1.807) is 36.4 Å². The van der Waals surface area contributed by atoms with E-state index in [9.17, 15) is 17.6 Å². The lowest BCUT2D eigenvalue weighted by molar-refractivity contribution is -0.123. The van der Waals surface area contributed by atoms with Crippen molar-refractivity contribution in [1.29, 1.82) is 0 Å². The second-order valence-corrected chi connectivity index (χ2v) is 10.2. The summed E-state index contributed by atoms with van der Waals surface area (Å²) in [5.74, 6) is 0.0377. The van der Waals surface area contributed by atoms with Gasteiger partial charge in [0.15, 0.2) is 9.84 Å². The van der Waals surface area contributed by atoms with E-state index >= 15 is 0 Å². The van der Waals surface area contributed by atoms with E-state index in [-0.39, 0.29) is 17.4 Å². The molecule has 2 fully saturated rings. The Morgan fingerprint density at radius 1 is 1.26 bits per heavy atom. The lowest BCUT2D eigenvalue weighted by atomic mass is 10.1. The van der Waals surface area contributed by atoms with Crippen molar-refractivity contribution in [1.82, 2.24) is 4.90 Å². The fourth-order valence-electron chi connectivity index (χ4n) is 3.14. The minimum Gasteiger partial charge on any atom is -0.457 e. The van der Waals surface area contributed by atoms with Gasteiger partial charge in [-0.3, -0.25) is 9.69 Å². The molecule has 5 nitrogen and oxygen atoms in total. The van der Waals surface area contributed by atoms with E-state index in [0.717, 1.165) is 11.8 Å². The molecule has 0 aliphatic carbocycles. The molecule has 0 unspecified atom stereocenters. The van der Waals surface area contributed by atoms with Gasteiger partial charge >= 0.3 is 0 Å². The molecule has 3 heterocycles. The Labute approximate surface area is 165 Å². The topological polar surface area (TPSA) is 67.6 Å². The maximum atomic E-state index is 13.9. The van der Waals surface area contributed by atoms with Gasteiger partial charge in [0.2, 0.25) is 0 Å². The Hall–Kier alpha value is -1.97. The number of furan rings is 1. The molecule has 0 bridgehead atoms. The summed E-state index contributed by atoms with van der Waals surface area (Å²) in [5.41, 5.74) is 0.334. The van der Waals surface area contributed by atoms with Gasteiger partial charge in [-0.1, -0.05) is 36.1 Å². The molecule has 2 aliphatic rings. The Morgan fingerprint density at radius 3 is 2.74 bits per heavy atom. The summed E-state index contributed by atoms with van der Waals surface area (Å²) in [6, 6.07) is 9.12. The summed E-state index contributed by atoms with van der Waals surface area (Å²) in [6.07, 6.45) is 1.94. The highest BCUT2D eigenvalue weighted by Crippen LogP contribution is 2.37. The molecular formula is C18H14FNO4S3. The van der Waals surface area contributed by atoms with Gasteiger partial charge < -0.3 is 4.42 Å². The van der Waals surface area contributed by atoms with Crippen molar-refractivity contribution in [3.63, 3.8) is 0 Å². The molecule has 1 aromatic heterocycles. The molecule has 1 aromatic carbocycles. The molecule has 4 rings (SSSR count). The third kappa shape index (κ3) is 3.59. The number of benzene rings is 1. The number of hydrogen-bond acceptors (Lipinski definition) is 6. The van der Waals surface area contributed by atoms with Gasteiger partial charge in [0.25, 0.3) is 5.91 Å². The van der Waals surface area contributed by atoms with Crippen LogP contribution in [0.2, 0.25) is 0 Å². The molecule has 140 valence electrons. The van der Waals surface area contributed by atoms with Crippen LogP contribution in [0.25, 0.3) is 17.4 Å². The van der Waals surface area contributed by atoms with Crippen LogP contribution < -0.4 is 0 Å². The lowest BCUT2D eigenvalue weighted by Gasteiger charge is -2.20. The van der Waals surface area contributed by atoms with Crippen molar-refractivity contribution in [2.24, 2.45) is 0 Å². The highest BCUT2D eigenvalue weighted by Gasteiger charge is 2.42. The van der Waals surface area contributed by atoms with Crippen molar-refractivity contribution < 1.29 is 22.0 Å². The molecule has 0 saturated carbocycles. The van der Waals surface area contributed by atoms with E-state index < -0.39 is 21.7 Å². The maximum Gasteiger partial charge on any atom is 0.266 e. The largest absolute Gasteiger partial charge is 0.457 e. The third-order valence-electron chi connectivity index (χ3n) is 4.44. The summed E-state index contributed by atoms with van der Waals surface area (Å²) >= 11 is 6.39. The second kappa shape index (κ2) is 6.88. The van der Waals surface area contributed by atoms with Crippen LogP contribution in [0.3, 0.4) is 0 Å². The Morgan fingerprint density at radius 2 is 2.04 bits per heavy atom. The van der Waals surface area contributed by atoms with E-state index in [1.165, 1.54) is 11.0 Å². The summed E-state index contributed by atoms with van der Waals surface area (Å²) < 4.78 is 43.3. The third-order valence-corrected chi connectivity index (χ3v) is 7.52.